The first-order chi connectivity index (χ1) is 16.5. The third-order valence-electron chi connectivity index (χ3n) is 7.42. The van der Waals surface area contributed by atoms with E-state index in [9.17, 15) is 4.79 Å². The summed E-state index contributed by atoms with van der Waals surface area (Å²) in [6.07, 6.45) is 2.16. The Labute approximate surface area is 204 Å². The quantitative estimate of drug-likeness (QED) is 0.414. The van der Waals surface area contributed by atoms with Crippen LogP contribution in [0.1, 0.15) is 22.3 Å². The Hall–Kier alpha value is -3.25. The van der Waals surface area contributed by atoms with Crippen LogP contribution in [0.2, 0.25) is 0 Å². The second-order valence-electron chi connectivity index (χ2n) is 9.78. The molecule has 2 aromatic carbocycles. The number of likely N-dealkylation sites (tertiary alicyclic amines) is 1. The van der Waals surface area contributed by atoms with E-state index in [1.807, 2.05) is 0 Å². The summed E-state index contributed by atoms with van der Waals surface area (Å²) in [7, 11) is 0. The summed E-state index contributed by atoms with van der Waals surface area (Å²) in [5, 5.41) is 3.32. The van der Waals surface area contributed by atoms with Gasteiger partial charge in [-0.15, -0.1) is 11.3 Å². The van der Waals surface area contributed by atoms with Gasteiger partial charge in [-0.25, -0.2) is 9.97 Å². The van der Waals surface area contributed by atoms with Crippen molar-refractivity contribution >= 4 is 33.3 Å². The molecule has 2 aliphatic rings. The van der Waals surface area contributed by atoms with Crippen LogP contribution in [0.3, 0.4) is 0 Å². The maximum absolute atomic E-state index is 13.2. The number of fused-ring (bicyclic) bond motifs is 2. The molecule has 0 spiro atoms. The molecule has 2 unspecified atom stereocenters. The molecule has 2 aromatic heterocycles. The van der Waals surface area contributed by atoms with Crippen LogP contribution < -0.4 is 4.90 Å². The van der Waals surface area contributed by atoms with Crippen LogP contribution in [0.25, 0.3) is 21.3 Å². The van der Waals surface area contributed by atoms with Gasteiger partial charge >= 0.3 is 0 Å². The first kappa shape index (κ1) is 21.3. The lowest BCUT2D eigenvalue weighted by Gasteiger charge is -2.43. The molecule has 4 aromatic rings. The third kappa shape index (κ3) is 3.57. The summed E-state index contributed by atoms with van der Waals surface area (Å²) < 4.78 is 0. The minimum atomic E-state index is 0.237. The van der Waals surface area contributed by atoms with Gasteiger partial charge in [0.2, 0.25) is 5.91 Å². The highest BCUT2D eigenvalue weighted by Crippen LogP contribution is 2.41. The highest BCUT2D eigenvalue weighted by Gasteiger charge is 2.48. The Morgan fingerprint density at radius 1 is 1.00 bits per heavy atom. The first-order valence-corrected chi connectivity index (χ1v) is 12.8. The number of carbonyl (C=O) groups excluding carboxylic acids is 1. The van der Waals surface area contributed by atoms with Gasteiger partial charge in [0, 0.05) is 36.5 Å². The largest absolute Gasteiger partial charge is 0.353 e. The smallest absolute Gasteiger partial charge is 0.227 e. The predicted molar refractivity (Wildman–Crippen MR) is 138 cm³/mol. The van der Waals surface area contributed by atoms with Crippen LogP contribution in [0.5, 0.6) is 0 Å². The second-order valence-corrected chi connectivity index (χ2v) is 10.6. The molecule has 34 heavy (non-hydrogen) atoms. The molecule has 0 aliphatic carbocycles. The summed E-state index contributed by atoms with van der Waals surface area (Å²) in [4.78, 5) is 27.9. The number of hydrogen-bond acceptors (Lipinski definition) is 5. The molecule has 0 bridgehead atoms. The van der Waals surface area contributed by atoms with E-state index in [0.717, 1.165) is 41.2 Å². The van der Waals surface area contributed by atoms with Gasteiger partial charge in [0.25, 0.3) is 0 Å². The lowest BCUT2D eigenvalue weighted by atomic mass is 9.91. The molecule has 0 radical (unpaired) electrons. The fraction of sp³-hybridized carbons (Fsp3) is 0.321. The summed E-state index contributed by atoms with van der Waals surface area (Å²) in [5.74, 6) is 1.74. The fourth-order valence-corrected chi connectivity index (χ4v) is 6.31. The Bertz CT molecular complexity index is 1390. The molecule has 2 fully saturated rings. The fourth-order valence-electron chi connectivity index (χ4n) is 5.40. The summed E-state index contributed by atoms with van der Waals surface area (Å²) >= 11 is 1.67. The second kappa shape index (κ2) is 8.20. The minimum absolute atomic E-state index is 0.237. The summed E-state index contributed by atoms with van der Waals surface area (Å²) in [6, 6.07) is 15.3. The molecule has 0 N–H and O–H groups in total. The van der Waals surface area contributed by atoms with Crippen molar-refractivity contribution in [3.63, 3.8) is 0 Å². The molecule has 1 amide bonds. The average molecular weight is 469 g/mol. The van der Waals surface area contributed by atoms with E-state index in [-0.39, 0.29) is 11.9 Å². The molecular formula is C28H28N4OS. The highest BCUT2D eigenvalue weighted by molar-refractivity contribution is 7.17. The number of amides is 1. The molecule has 172 valence electrons. The molecular weight excluding hydrogens is 440 g/mol. The zero-order valence-electron chi connectivity index (χ0n) is 19.8. The van der Waals surface area contributed by atoms with Gasteiger partial charge in [-0.3, -0.25) is 4.79 Å². The van der Waals surface area contributed by atoms with Crippen molar-refractivity contribution in [1.82, 2.24) is 14.9 Å². The molecule has 6 heteroatoms. The number of aryl methyl sites for hydroxylation is 3. The molecule has 5 nitrogen and oxygen atoms in total. The number of hydrogen-bond donors (Lipinski definition) is 0. The topological polar surface area (TPSA) is 49.3 Å². The lowest BCUT2D eigenvalue weighted by molar-refractivity contribution is -0.140. The van der Waals surface area contributed by atoms with Crippen LogP contribution in [0.15, 0.2) is 54.2 Å². The van der Waals surface area contributed by atoms with E-state index < -0.39 is 0 Å². The SMILES string of the molecule is Cc1ccc(-c2csc3ncnc(N4CC5CN(C(=O)Cc6cc(C)ccc6C)C5C4)c23)cc1. The number of thiophene rings is 1. The minimum Gasteiger partial charge on any atom is -0.353 e. The lowest BCUT2D eigenvalue weighted by Crippen LogP contribution is -2.58. The third-order valence-corrected chi connectivity index (χ3v) is 8.30. The van der Waals surface area contributed by atoms with Crippen molar-refractivity contribution in [1.29, 1.82) is 0 Å². The number of nitrogens with zero attached hydrogens (tertiary/aromatic N) is 4. The van der Waals surface area contributed by atoms with Crippen molar-refractivity contribution < 1.29 is 4.79 Å². The van der Waals surface area contributed by atoms with Gasteiger partial charge in [-0.1, -0.05) is 53.6 Å². The molecule has 2 atom stereocenters. The molecule has 4 heterocycles. The molecule has 6 rings (SSSR count). The van der Waals surface area contributed by atoms with Crippen LogP contribution >= 0.6 is 11.3 Å². The van der Waals surface area contributed by atoms with E-state index in [0.29, 0.717) is 12.3 Å². The van der Waals surface area contributed by atoms with Crippen LogP contribution in [-0.4, -0.2) is 46.5 Å². The van der Waals surface area contributed by atoms with E-state index in [2.05, 4.69) is 83.4 Å². The van der Waals surface area contributed by atoms with Crippen molar-refractivity contribution in [2.24, 2.45) is 5.92 Å². The molecule has 2 saturated heterocycles. The highest BCUT2D eigenvalue weighted by atomic mass is 32.1. The monoisotopic (exact) mass is 468 g/mol. The average Bonchev–Trinajstić information content (AvgIpc) is 3.39. The van der Waals surface area contributed by atoms with E-state index in [4.69, 9.17) is 4.98 Å². The van der Waals surface area contributed by atoms with Crippen molar-refractivity contribution in [2.75, 3.05) is 24.5 Å². The number of aromatic nitrogens is 2. The van der Waals surface area contributed by atoms with Gasteiger partial charge < -0.3 is 9.80 Å². The maximum Gasteiger partial charge on any atom is 0.227 e. The van der Waals surface area contributed by atoms with Crippen LogP contribution in [0, 0.1) is 26.7 Å². The van der Waals surface area contributed by atoms with Crippen molar-refractivity contribution in [2.45, 2.75) is 33.2 Å². The predicted octanol–water partition coefficient (Wildman–Crippen LogP) is 5.17. The van der Waals surface area contributed by atoms with Crippen LogP contribution in [-0.2, 0) is 11.2 Å². The number of benzene rings is 2. The van der Waals surface area contributed by atoms with Crippen molar-refractivity contribution in [3.8, 4) is 11.1 Å². The van der Waals surface area contributed by atoms with Gasteiger partial charge in [-0.2, -0.15) is 0 Å². The van der Waals surface area contributed by atoms with Crippen molar-refractivity contribution in [3.05, 3.63) is 76.4 Å². The summed E-state index contributed by atoms with van der Waals surface area (Å²) in [5.41, 5.74) is 7.17. The van der Waals surface area contributed by atoms with E-state index in [1.54, 1.807) is 17.7 Å². The Balaban J connectivity index is 1.25. The Kier molecular flexibility index (Phi) is 5.14. The Morgan fingerprint density at radius 2 is 1.79 bits per heavy atom. The van der Waals surface area contributed by atoms with Gasteiger partial charge in [0.15, 0.2) is 0 Å². The number of anilines is 1. The van der Waals surface area contributed by atoms with Crippen LogP contribution in [0.4, 0.5) is 5.82 Å². The normalized spacial score (nSPS) is 19.4. The first-order valence-electron chi connectivity index (χ1n) is 11.9. The van der Waals surface area contributed by atoms with Gasteiger partial charge in [0.1, 0.15) is 17.0 Å². The zero-order chi connectivity index (χ0) is 23.4. The van der Waals surface area contributed by atoms with Gasteiger partial charge in [-0.05, 0) is 37.5 Å². The number of carbonyl (C=O) groups is 1. The molecule has 2 aliphatic heterocycles. The maximum atomic E-state index is 13.2. The van der Waals surface area contributed by atoms with E-state index in [1.165, 1.54) is 27.8 Å². The zero-order valence-corrected chi connectivity index (χ0v) is 20.6. The number of rotatable bonds is 4. The Morgan fingerprint density at radius 3 is 2.62 bits per heavy atom. The standard InChI is InChI=1S/C28H28N4OS/c1-17-5-8-20(9-6-17)23-15-34-28-26(23)27(29-16-30-28)31-12-22-13-32(24(22)14-31)25(33)11-21-10-18(2)4-7-19(21)3/h4-10,15-16,22,24H,11-14H2,1-3H3. The molecule has 0 saturated carbocycles. The summed E-state index contributed by atoms with van der Waals surface area (Å²) in [6.45, 7) is 8.89. The van der Waals surface area contributed by atoms with Gasteiger partial charge in [0.05, 0.1) is 17.8 Å². The van der Waals surface area contributed by atoms with E-state index >= 15 is 0 Å².